The predicted molar refractivity (Wildman–Crippen MR) is 65.3 cm³/mol. The van der Waals surface area contributed by atoms with Crippen LogP contribution in [0.1, 0.15) is 31.9 Å². The summed E-state index contributed by atoms with van der Waals surface area (Å²) in [6.07, 6.45) is 5.52. The van der Waals surface area contributed by atoms with E-state index in [1.54, 1.807) is 6.26 Å². The maximum absolute atomic E-state index is 5.41. The van der Waals surface area contributed by atoms with Crippen LogP contribution in [-0.4, -0.2) is 30.6 Å². The first-order chi connectivity index (χ1) is 7.88. The van der Waals surface area contributed by atoms with Crippen LogP contribution in [0.3, 0.4) is 0 Å². The summed E-state index contributed by atoms with van der Waals surface area (Å²) >= 11 is 0. The van der Waals surface area contributed by atoms with Gasteiger partial charge in [-0.25, -0.2) is 0 Å². The lowest BCUT2D eigenvalue weighted by Gasteiger charge is -2.23. The Labute approximate surface area is 97.8 Å². The maximum Gasteiger partial charge on any atom is 0.117 e. The Bertz CT molecular complexity index is 284. The number of hydrogen-bond acceptors (Lipinski definition) is 3. The molecule has 1 saturated heterocycles. The summed E-state index contributed by atoms with van der Waals surface area (Å²) in [4.78, 5) is 2.50. The number of hydrogen-bond donors (Lipinski definition) is 1. The van der Waals surface area contributed by atoms with E-state index >= 15 is 0 Å². The van der Waals surface area contributed by atoms with E-state index in [0.717, 1.165) is 25.4 Å². The summed E-state index contributed by atoms with van der Waals surface area (Å²) in [7, 11) is 0. The second kappa shape index (κ2) is 6.06. The lowest BCUT2D eigenvalue weighted by Crippen LogP contribution is -2.37. The largest absolute Gasteiger partial charge is 0.468 e. The Kier molecular flexibility index (Phi) is 4.43. The zero-order valence-corrected chi connectivity index (χ0v) is 10.1. The third kappa shape index (κ3) is 3.35. The van der Waals surface area contributed by atoms with Crippen LogP contribution in [-0.2, 0) is 6.54 Å². The molecule has 1 unspecified atom stereocenters. The molecule has 0 bridgehead atoms. The van der Waals surface area contributed by atoms with E-state index < -0.39 is 0 Å². The molecule has 0 saturated carbocycles. The van der Waals surface area contributed by atoms with E-state index in [1.807, 2.05) is 6.07 Å². The summed E-state index contributed by atoms with van der Waals surface area (Å²) < 4.78 is 5.41. The zero-order valence-electron chi connectivity index (χ0n) is 10.1. The predicted octanol–water partition coefficient (Wildman–Crippen LogP) is 2.24. The fraction of sp³-hybridized carbons (Fsp3) is 0.692. The SMILES string of the molecule is CCCC1CN(Cc2ccco2)CCCN1. The van der Waals surface area contributed by atoms with Crippen LogP contribution in [0.25, 0.3) is 0 Å². The minimum absolute atomic E-state index is 0.655. The first-order valence-electron chi connectivity index (χ1n) is 6.36. The van der Waals surface area contributed by atoms with Crippen molar-refractivity contribution >= 4 is 0 Å². The molecule has 3 nitrogen and oxygen atoms in total. The molecule has 0 spiro atoms. The van der Waals surface area contributed by atoms with Crippen LogP contribution in [0, 0.1) is 0 Å². The van der Waals surface area contributed by atoms with E-state index in [2.05, 4.69) is 23.2 Å². The van der Waals surface area contributed by atoms with Gasteiger partial charge in [0.05, 0.1) is 12.8 Å². The van der Waals surface area contributed by atoms with Gasteiger partial charge in [0, 0.05) is 12.6 Å². The highest BCUT2D eigenvalue weighted by Crippen LogP contribution is 2.10. The Morgan fingerprint density at radius 1 is 1.56 bits per heavy atom. The Hall–Kier alpha value is -0.800. The van der Waals surface area contributed by atoms with Crippen molar-refractivity contribution in [3.05, 3.63) is 24.2 Å². The van der Waals surface area contributed by atoms with Crippen molar-refractivity contribution in [2.45, 2.75) is 38.8 Å². The van der Waals surface area contributed by atoms with Gasteiger partial charge in [-0.2, -0.15) is 0 Å². The molecule has 1 aromatic heterocycles. The summed E-state index contributed by atoms with van der Waals surface area (Å²) in [5.74, 6) is 1.08. The van der Waals surface area contributed by atoms with Crippen molar-refractivity contribution in [1.29, 1.82) is 0 Å². The van der Waals surface area contributed by atoms with Crippen LogP contribution in [0.2, 0.25) is 0 Å². The third-order valence-electron chi connectivity index (χ3n) is 3.16. The Morgan fingerprint density at radius 3 is 3.25 bits per heavy atom. The molecule has 1 atom stereocenters. The highest BCUT2D eigenvalue weighted by molar-refractivity contribution is 4.98. The molecule has 1 fully saturated rings. The molecular weight excluding hydrogens is 200 g/mol. The molecule has 1 aliphatic heterocycles. The van der Waals surface area contributed by atoms with Crippen LogP contribution in [0.15, 0.2) is 22.8 Å². The molecule has 0 amide bonds. The third-order valence-corrected chi connectivity index (χ3v) is 3.16. The number of nitrogens with one attached hydrogen (secondary N) is 1. The molecule has 90 valence electrons. The molecule has 2 heterocycles. The van der Waals surface area contributed by atoms with Gasteiger partial charge in [-0.15, -0.1) is 0 Å². The number of nitrogens with zero attached hydrogens (tertiary/aromatic N) is 1. The van der Waals surface area contributed by atoms with Crippen LogP contribution in [0.5, 0.6) is 0 Å². The summed E-state index contributed by atoms with van der Waals surface area (Å²) in [6, 6.07) is 4.68. The lowest BCUT2D eigenvalue weighted by molar-refractivity contribution is 0.235. The highest BCUT2D eigenvalue weighted by Gasteiger charge is 2.17. The Morgan fingerprint density at radius 2 is 2.50 bits per heavy atom. The molecule has 0 radical (unpaired) electrons. The summed E-state index contributed by atoms with van der Waals surface area (Å²) in [5, 5.41) is 3.62. The van der Waals surface area contributed by atoms with Gasteiger partial charge in [-0.3, -0.25) is 4.90 Å². The van der Waals surface area contributed by atoms with Gasteiger partial charge in [-0.1, -0.05) is 13.3 Å². The maximum atomic E-state index is 5.41. The van der Waals surface area contributed by atoms with Crippen molar-refractivity contribution in [1.82, 2.24) is 10.2 Å². The van der Waals surface area contributed by atoms with Crippen LogP contribution in [0.4, 0.5) is 0 Å². The van der Waals surface area contributed by atoms with Crippen molar-refractivity contribution in [2.24, 2.45) is 0 Å². The van der Waals surface area contributed by atoms with Gasteiger partial charge >= 0.3 is 0 Å². The van der Waals surface area contributed by atoms with Crippen molar-refractivity contribution < 1.29 is 4.42 Å². The minimum atomic E-state index is 0.655. The first-order valence-corrected chi connectivity index (χ1v) is 6.36. The number of rotatable bonds is 4. The van der Waals surface area contributed by atoms with Gasteiger partial charge in [0.15, 0.2) is 0 Å². The molecule has 1 N–H and O–H groups in total. The first kappa shape index (κ1) is 11.7. The molecule has 3 heteroatoms. The van der Waals surface area contributed by atoms with Crippen LogP contribution >= 0.6 is 0 Å². The van der Waals surface area contributed by atoms with E-state index in [1.165, 1.54) is 25.8 Å². The fourth-order valence-corrected chi connectivity index (χ4v) is 2.38. The zero-order chi connectivity index (χ0) is 11.2. The topological polar surface area (TPSA) is 28.4 Å². The van der Waals surface area contributed by atoms with E-state index in [4.69, 9.17) is 4.42 Å². The molecule has 2 rings (SSSR count). The van der Waals surface area contributed by atoms with Crippen LogP contribution < -0.4 is 5.32 Å². The van der Waals surface area contributed by atoms with E-state index in [0.29, 0.717) is 6.04 Å². The van der Waals surface area contributed by atoms with Gasteiger partial charge < -0.3 is 9.73 Å². The average Bonchev–Trinajstić information content (AvgIpc) is 2.67. The minimum Gasteiger partial charge on any atom is -0.468 e. The summed E-state index contributed by atoms with van der Waals surface area (Å²) in [6.45, 7) is 6.68. The molecule has 0 aliphatic carbocycles. The standard InChI is InChI=1S/C13H22N2O/c1-2-5-12-10-15(8-4-7-14-12)11-13-6-3-9-16-13/h3,6,9,12,14H,2,4-5,7-8,10-11H2,1H3. The van der Waals surface area contributed by atoms with Gasteiger partial charge in [-0.05, 0) is 38.1 Å². The Balaban J connectivity index is 1.87. The van der Waals surface area contributed by atoms with Crippen molar-refractivity contribution in [3.8, 4) is 0 Å². The molecule has 16 heavy (non-hydrogen) atoms. The smallest absolute Gasteiger partial charge is 0.117 e. The second-order valence-electron chi connectivity index (χ2n) is 4.61. The number of furan rings is 1. The average molecular weight is 222 g/mol. The molecule has 1 aliphatic rings. The second-order valence-corrected chi connectivity index (χ2v) is 4.61. The molecule has 1 aromatic rings. The summed E-state index contributed by atoms with van der Waals surface area (Å²) in [5.41, 5.74) is 0. The molecular formula is C13H22N2O. The highest BCUT2D eigenvalue weighted by atomic mass is 16.3. The van der Waals surface area contributed by atoms with Gasteiger partial charge in [0.2, 0.25) is 0 Å². The van der Waals surface area contributed by atoms with Gasteiger partial charge in [0.25, 0.3) is 0 Å². The van der Waals surface area contributed by atoms with Gasteiger partial charge in [0.1, 0.15) is 5.76 Å². The quantitative estimate of drug-likeness (QED) is 0.847. The fourth-order valence-electron chi connectivity index (χ4n) is 2.38. The lowest BCUT2D eigenvalue weighted by atomic mass is 10.1. The monoisotopic (exact) mass is 222 g/mol. The van der Waals surface area contributed by atoms with E-state index in [-0.39, 0.29) is 0 Å². The normalized spacial score (nSPS) is 23.2. The van der Waals surface area contributed by atoms with E-state index in [9.17, 15) is 0 Å². The van der Waals surface area contributed by atoms with Crippen molar-refractivity contribution in [2.75, 3.05) is 19.6 Å². The van der Waals surface area contributed by atoms with Crippen molar-refractivity contribution in [3.63, 3.8) is 0 Å². The molecule has 0 aromatic carbocycles.